The molecule has 0 aromatic heterocycles. The van der Waals surface area contributed by atoms with E-state index in [-0.39, 0.29) is 22.7 Å². The Bertz CT molecular complexity index is 460. The van der Waals surface area contributed by atoms with Crippen molar-refractivity contribution in [3.63, 3.8) is 0 Å². The summed E-state index contributed by atoms with van der Waals surface area (Å²) in [6, 6.07) is 4.49. The highest BCUT2D eigenvalue weighted by Gasteiger charge is 2.19. The van der Waals surface area contributed by atoms with Crippen LogP contribution in [0, 0.1) is 6.92 Å². The number of carbonyl (C=O) groups is 1. The first-order valence-corrected chi connectivity index (χ1v) is 5.61. The second kappa shape index (κ2) is 5.14. The first-order valence-electron chi connectivity index (χ1n) is 5.20. The molecule has 4 nitrogen and oxygen atoms in total. The molecule has 0 bridgehead atoms. The van der Waals surface area contributed by atoms with E-state index < -0.39 is 0 Å². The van der Waals surface area contributed by atoms with Crippen LogP contribution in [0.1, 0.15) is 22.8 Å². The molecule has 0 radical (unpaired) electrons. The van der Waals surface area contributed by atoms with Gasteiger partial charge < -0.3 is 15.7 Å². The van der Waals surface area contributed by atoms with Gasteiger partial charge in [0.25, 0.3) is 5.91 Å². The lowest BCUT2D eigenvalue weighted by Crippen LogP contribution is -2.42. The zero-order chi connectivity index (χ0) is 13.2. The number of phenols is 1. The molecule has 1 atom stereocenters. The van der Waals surface area contributed by atoms with Crippen molar-refractivity contribution in [1.82, 2.24) is 4.90 Å². The molecule has 1 aromatic rings. The molecule has 0 aliphatic rings. The van der Waals surface area contributed by atoms with Crippen LogP contribution < -0.4 is 5.73 Å². The largest absolute Gasteiger partial charge is 0.508 e. The summed E-state index contributed by atoms with van der Waals surface area (Å²) in [4.78, 5) is 13.8. The van der Waals surface area contributed by atoms with Crippen molar-refractivity contribution < 1.29 is 9.90 Å². The van der Waals surface area contributed by atoms with Gasteiger partial charge in [-0.2, -0.15) is 0 Å². The Morgan fingerprint density at radius 3 is 2.59 bits per heavy atom. The molecular weight excluding hydrogens is 236 g/mol. The number of hydrogen-bond donors (Lipinski definition) is 2. The molecule has 92 valence electrons. The Labute approximate surface area is 106 Å². The number of benzene rings is 1. The normalized spacial score (nSPS) is 11.9. The zero-order valence-electron chi connectivity index (χ0n) is 10.1. The standard InChI is InChI=1S/C12H16N2O2S/c1-7-4-5-9(6-10(7)15)12(16)14(3)8(2)11(13)17/h4-6,8,15H,1-3H3,(H2,13,17). The smallest absolute Gasteiger partial charge is 0.254 e. The highest BCUT2D eigenvalue weighted by molar-refractivity contribution is 7.80. The maximum atomic E-state index is 12.1. The Morgan fingerprint density at radius 2 is 2.12 bits per heavy atom. The van der Waals surface area contributed by atoms with Crippen molar-refractivity contribution in [2.75, 3.05) is 7.05 Å². The minimum absolute atomic E-state index is 0.104. The average molecular weight is 252 g/mol. The van der Waals surface area contributed by atoms with Gasteiger partial charge in [-0.25, -0.2) is 0 Å². The monoisotopic (exact) mass is 252 g/mol. The van der Waals surface area contributed by atoms with Gasteiger partial charge in [0.05, 0.1) is 11.0 Å². The number of rotatable bonds is 3. The average Bonchev–Trinajstić information content (AvgIpc) is 2.29. The highest BCUT2D eigenvalue weighted by Crippen LogP contribution is 2.18. The van der Waals surface area contributed by atoms with E-state index in [2.05, 4.69) is 0 Å². The van der Waals surface area contributed by atoms with Crippen molar-refractivity contribution in [2.24, 2.45) is 5.73 Å². The second-order valence-electron chi connectivity index (χ2n) is 4.00. The maximum Gasteiger partial charge on any atom is 0.254 e. The van der Waals surface area contributed by atoms with Gasteiger partial charge in [-0.1, -0.05) is 18.3 Å². The van der Waals surface area contributed by atoms with E-state index in [0.29, 0.717) is 5.56 Å². The molecule has 3 N–H and O–H groups in total. The minimum atomic E-state index is -0.319. The van der Waals surface area contributed by atoms with Crippen molar-refractivity contribution in [2.45, 2.75) is 19.9 Å². The predicted molar refractivity (Wildman–Crippen MR) is 71.2 cm³/mol. The third kappa shape index (κ3) is 2.94. The Morgan fingerprint density at radius 1 is 1.53 bits per heavy atom. The molecule has 1 unspecified atom stereocenters. The maximum absolute atomic E-state index is 12.1. The van der Waals surface area contributed by atoms with E-state index >= 15 is 0 Å². The third-order valence-electron chi connectivity index (χ3n) is 2.77. The number of aryl methyl sites for hydroxylation is 1. The Balaban J connectivity index is 2.96. The van der Waals surface area contributed by atoms with Crippen molar-refractivity contribution in [1.29, 1.82) is 0 Å². The first kappa shape index (κ1) is 13.4. The fraction of sp³-hybridized carbons (Fsp3) is 0.333. The number of amides is 1. The molecule has 0 aliphatic heterocycles. The zero-order valence-corrected chi connectivity index (χ0v) is 10.9. The lowest BCUT2D eigenvalue weighted by molar-refractivity contribution is 0.0778. The van der Waals surface area contributed by atoms with Crippen LogP contribution in [-0.2, 0) is 0 Å². The van der Waals surface area contributed by atoms with E-state index in [4.69, 9.17) is 18.0 Å². The molecule has 1 aromatic carbocycles. The van der Waals surface area contributed by atoms with Crippen LogP contribution in [0.25, 0.3) is 0 Å². The first-order chi connectivity index (χ1) is 7.84. The summed E-state index contributed by atoms with van der Waals surface area (Å²) in [6.07, 6.45) is 0. The van der Waals surface area contributed by atoms with E-state index in [9.17, 15) is 9.90 Å². The van der Waals surface area contributed by atoms with Crippen LogP contribution in [0.3, 0.4) is 0 Å². The number of carbonyl (C=O) groups excluding carboxylic acids is 1. The number of likely N-dealkylation sites (N-methyl/N-ethyl adjacent to an activating group) is 1. The van der Waals surface area contributed by atoms with Gasteiger partial charge in [-0.15, -0.1) is 0 Å². The van der Waals surface area contributed by atoms with E-state index in [1.54, 1.807) is 33.0 Å². The Kier molecular flexibility index (Phi) is 4.07. The van der Waals surface area contributed by atoms with Crippen LogP contribution in [-0.4, -0.2) is 34.0 Å². The van der Waals surface area contributed by atoms with Gasteiger partial charge in [-0.05, 0) is 31.5 Å². The predicted octanol–water partition coefficient (Wildman–Crippen LogP) is 1.45. The summed E-state index contributed by atoms with van der Waals surface area (Å²) in [6.45, 7) is 3.53. The van der Waals surface area contributed by atoms with Crippen molar-refractivity contribution in [3.8, 4) is 5.75 Å². The van der Waals surface area contributed by atoms with Crippen molar-refractivity contribution in [3.05, 3.63) is 29.3 Å². The highest BCUT2D eigenvalue weighted by atomic mass is 32.1. The van der Waals surface area contributed by atoms with Gasteiger partial charge in [0, 0.05) is 12.6 Å². The van der Waals surface area contributed by atoms with Crippen LogP contribution in [0.4, 0.5) is 0 Å². The molecule has 0 heterocycles. The molecular formula is C12H16N2O2S. The molecule has 5 heteroatoms. The van der Waals surface area contributed by atoms with Crippen LogP contribution >= 0.6 is 12.2 Å². The van der Waals surface area contributed by atoms with Crippen molar-refractivity contribution >= 4 is 23.1 Å². The summed E-state index contributed by atoms with van der Waals surface area (Å²) < 4.78 is 0. The number of phenolic OH excluding ortho intramolecular Hbond substituents is 1. The summed E-state index contributed by atoms with van der Waals surface area (Å²) in [7, 11) is 1.63. The van der Waals surface area contributed by atoms with E-state index in [1.165, 1.54) is 11.0 Å². The Hall–Kier alpha value is -1.62. The van der Waals surface area contributed by atoms with Crippen LogP contribution in [0.15, 0.2) is 18.2 Å². The summed E-state index contributed by atoms with van der Waals surface area (Å²) >= 11 is 4.84. The molecule has 0 fully saturated rings. The molecule has 0 aliphatic carbocycles. The van der Waals surface area contributed by atoms with E-state index in [1.807, 2.05) is 0 Å². The molecule has 0 spiro atoms. The topological polar surface area (TPSA) is 66.6 Å². The number of nitrogens with zero attached hydrogens (tertiary/aromatic N) is 1. The number of thiocarbonyl (C=S) groups is 1. The van der Waals surface area contributed by atoms with Gasteiger partial charge in [0.1, 0.15) is 5.75 Å². The lowest BCUT2D eigenvalue weighted by Gasteiger charge is -2.24. The van der Waals surface area contributed by atoms with E-state index in [0.717, 1.165) is 5.56 Å². The van der Waals surface area contributed by atoms with Gasteiger partial charge in [-0.3, -0.25) is 4.79 Å². The quantitative estimate of drug-likeness (QED) is 0.799. The second-order valence-corrected chi connectivity index (χ2v) is 4.47. The fourth-order valence-corrected chi connectivity index (χ4v) is 1.47. The lowest BCUT2D eigenvalue weighted by atomic mass is 10.1. The minimum Gasteiger partial charge on any atom is -0.508 e. The third-order valence-corrected chi connectivity index (χ3v) is 3.11. The summed E-state index contributed by atoms with van der Waals surface area (Å²) in [5.74, 6) is -0.118. The number of nitrogens with two attached hydrogens (primary N) is 1. The van der Waals surface area contributed by atoms with Crippen LogP contribution in [0.5, 0.6) is 5.75 Å². The van der Waals surface area contributed by atoms with Crippen LogP contribution in [0.2, 0.25) is 0 Å². The number of hydrogen-bond acceptors (Lipinski definition) is 3. The fourth-order valence-electron chi connectivity index (χ4n) is 1.31. The molecule has 1 amide bonds. The molecule has 17 heavy (non-hydrogen) atoms. The number of aromatic hydroxyl groups is 1. The summed E-state index contributed by atoms with van der Waals surface area (Å²) in [5, 5.41) is 9.56. The van der Waals surface area contributed by atoms with Gasteiger partial charge in [0.2, 0.25) is 0 Å². The molecule has 1 rings (SSSR count). The van der Waals surface area contributed by atoms with Gasteiger partial charge in [0.15, 0.2) is 0 Å². The SMILES string of the molecule is Cc1ccc(C(=O)N(C)C(C)C(N)=S)cc1O. The molecule has 0 saturated carbocycles. The molecule has 0 saturated heterocycles. The van der Waals surface area contributed by atoms with Gasteiger partial charge >= 0.3 is 0 Å². The summed E-state index contributed by atoms with van der Waals surface area (Å²) in [5.41, 5.74) is 6.64.